The predicted molar refractivity (Wildman–Crippen MR) is 32.2 cm³/mol. The minimum atomic E-state index is -0.674. The third-order valence-electron chi connectivity index (χ3n) is 0.686. The van der Waals surface area contributed by atoms with E-state index in [-0.39, 0.29) is 0 Å². The number of hydrogen-bond acceptors (Lipinski definition) is 2. The zero-order chi connectivity index (χ0) is 6.57. The van der Waals surface area contributed by atoms with Crippen molar-refractivity contribution in [2.75, 3.05) is 0 Å². The van der Waals surface area contributed by atoms with E-state index >= 15 is 0 Å². The van der Waals surface area contributed by atoms with Crippen molar-refractivity contribution in [1.82, 2.24) is 0 Å². The van der Waals surface area contributed by atoms with Crippen molar-refractivity contribution in [3.63, 3.8) is 0 Å². The van der Waals surface area contributed by atoms with Crippen LogP contribution in [0.25, 0.3) is 0 Å². The quantitative estimate of drug-likeness (QED) is 0.444. The van der Waals surface area contributed by atoms with Crippen LogP contribution in [0.3, 0.4) is 0 Å². The fourth-order valence-corrected chi connectivity index (χ4v) is 0.316. The van der Waals surface area contributed by atoms with Gasteiger partial charge in [-0.05, 0) is 6.92 Å². The Morgan fingerprint density at radius 2 is 2.38 bits per heavy atom. The Balaban J connectivity index is 3.24. The van der Waals surface area contributed by atoms with Gasteiger partial charge < -0.3 is 9.84 Å². The maximum absolute atomic E-state index is 8.75. The maximum Gasteiger partial charge on any atom is 0.196 e. The summed E-state index contributed by atoms with van der Waals surface area (Å²) in [5.74, 6) is 0.555. The lowest BCUT2D eigenvalue weighted by Gasteiger charge is -2.09. The third kappa shape index (κ3) is 3.68. The highest BCUT2D eigenvalue weighted by atomic mass is 16.6. The molecule has 0 saturated heterocycles. The molecule has 0 bridgehead atoms. The van der Waals surface area contributed by atoms with Crippen LogP contribution in [0.2, 0.25) is 0 Å². The number of aliphatic hydroxyl groups excluding tert-OH is 1. The second kappa shape index (κ2) is 3.50. The zero-order valence-corrected chi connectivity index (χ0v) is 5.35. The lowest BCUT2D eigenvalue weighted by atomic mass is 10.5. The van der Waals surface area contributed by atoms with Gasteiger partial charge in [0.05, 0.1) is 5.76 Å². The lowest BCUT2D eigenvalue weighted by Crippen LogP contribution is -2.07. The second-order valence-electron chi connectivity index (χ2n) is 1.68. The van der Waals surface area contributed by atoms with E-state index < -0.39 is 6.29 Å². The summed E-state index contributed by atoms with van der Waals surface area (Å²) in [7, 11) is 0. The first-order valence-corrected chi connectivity index (χ1v) is 2.67. The summed E-state index contributed by atoms with van der Waals surface area (Å²) < 4.78 is 4.76. The van der Waals surface area contributed by atoms with Crippen molar-refractivity contribution in [3.05, 3.63) is 12.3 Å². The molecule has 0 aliphatic heterocycles. The number of ether oxygens (including phenoxy) is 1. The molecule has 0 saturated carbocycles. The molecule has 0 aliphatic rings. The zero-order valence-electron chi connectivity index (χ0n) is 5.35. The van der Waals surface area contributed by atoms with E-state index in [9.17, 15) is 0 Å². The van der Waals surface area contributed by atoms with Gasteiger partial charge in [0, 0.05) is 6.42 Å². The molecule has 8 heavy (non-hydrogen) atoms. The van der Waals surface area contributed by atoms with Crippen LogP contribution in [0, 0.1) is 0 Å². The van der Waals surface area contributed by atoms with Crippen molar-refractivity contribution in [2.24, 2.45) is 0 Å². The summed E-state index contributed by atoms with van der Waals surface area (Å²) in [6, 6.07) is 0. The van der Waals surface area contributed by atoms with Gasteiger partial charge in [0.25, 0.3) is 0 Å². The Labute approximate surface area is 49.8 Å². The first-order valence-electron chi connectivity index (χ1n) is 2.67. The highest BCUT2D eigenvalue weighted by Crippen LogP contribution is 1.98. The van der Waals surface area contributed by atoms with Gasteiger partial charge in [0.15, 0.2) is 6.29 Å². The highest BCUT2D eigenvalue weighted by Gasteiger charge is 1.97. The number of rotatable bonds is 3. The highest BCUT2D eigenvalue weighted by molar-refractivity contribution is 4.73. The van der Waals surface area contributed by atoms with Crippen LogP contribution in [0.1, 0.15) is 20.3 Å². The van der Waals surface area contributed by atoms with Crippen molar-refractivity contribution in [3.8, 4) is 0 Å². The smallest absolute Gasteiger partial charge is 0.196 e. The Bertz CT molecular complexity index is 78.6. The van der Waals surface area contributed by atoms with Gasteiger partial charge in [-0.1, -0.05) is 13.5 Å². The van der Waals surface area contributed by atoms with Gasteiger partial charge in [-0.25, -0.2) is 0 Å². The molecule has 1 unspecified atom stereocenters. The van der Waals surface area contributed by atoms with E-state index in [4.69, 9.17) is 9.84 Å². The fraction of sp³-hybridized carbons (Fsp3) is 0.667. The predicted octanol–water partition coefficient (Wildman–Crippen LogP) is 1.26. The molecule has 48 valence electrons. The maximum atomic E-state index is 8.75. The summed E-state index contributed by atoms with van der Waals surface area (Å²) in [4.78, 5) is 0. The molecular weight excluding hydrogens is 104 g/mol. The summed E-state index contributed by atoms with van der Waals surface area (Å²) >= 11 is 0. The molecule has 0 aromatic carbocycles. The van der Waals surface area contributed by atoms with E-state index in [0.29, 0.717) is 12.2 Å². The molecule has 0 spiro atoms. The van der Waals surface area contributed by atoms with Gasteiger partial charge in [0.1, 0.15) is 0 Å². The van der Waals surface area contributed by atoms with Gasteiger partial charge in [-0.2, -0.15) is 0 Å². The summed E-state index contributed by atoms with van der Waals surface area (Å²) in [5, 5.41) is 8.75. The lowest BCUT2D eigenvalue weighted by molar-refractivity contribution is -0.0650. The Morgan fingerprint density at radius 3 is 2.50 bits per heavy atom. The number of allylic oxidation sites excluding steroid dienone is 1. The minimum absolute atomic E-state index is 0.555. The third-order valence-corrected chi connectivity index (χ3v) is 0.686. The van der Waals surface area contributed by atoms with Gasteiger partial charge >= 0.3 is 0 Å². The molecule has 0 aromatic heterocycles. The molecule has 0 fully saturated rings. The van der Waals surface area contributed by atoms with Crippen molar-refractivity contribution >= 4 is 0 Å². The van der Waals surface area contributed by atoms with Crippen LogP contribution in [0.4, 0.5) is 0 Å². The van der Waals surface area contributed by atoms with Crippen LogP contribution in [-0.4, -0.2) is 11.4 Å². The Hall–Kier alpha value is -0.500. The van der Waals surface area contributed by atoms with E-state index in [1.54, 1.807) is 6.92 Å². The first kappa shape index (κ1) is 7.50. The summed E-state index contributed by atoms with van der Waals surface area (Å²) in [6.45, 7) is 7.01. The molecule has 2 nitrogen and oxygen atoms in total. The van der Waals surface area contributed by atoms with Crippen LogP contribution in [0.15, 0.2) is 12.3 Å². The summed E-state index contributed by atoms with van der Waals surface area (Å²) in [6.07, 6.45) is -0.0696. The van der Waals surface area contributed by atoms with E-state index in [1.807, 2.05) is 6.92 Å². The molecule has 0 rings (SSSR count). The van der Waals surface area contributed by atoms with Crippen molar-refractivity contribution < 1.29 is 9.84 Å². The summed E-state index contributed by atoms with van der Waals surface area (Å²) in [5.41, 5.74) is 0. The SMILES string of the molecule is C=C(C)OC(O)CC. The monoisotopic (exact) mass is 116 g/mol. The first-order chi connectivity index (χ1) is 3.66. The molecule has 0 heterocycles. The number of aliphatic hydroxyl groups is 1. The second-order valence-corrected chi connectivity index (χ2v) is 1.68. The van der Waals surface area contributed by atoms with E-state index in [1.165, 1.54) is 0 Å². The van der Waals surface area contributed by atoms with E-state index in [0.717, 1.165) is 0 Å². The molecule has 0 aromatic rings. The van der Waals surface area contributed by atoms with Crippen LogP contribution >= 0.6 is 0 Å². The number of hydrogen-bond donors (Lipinski definition) is 1. The van der Waals surface area contributed by atoms with Crippen LogP contribution in [0.5, 0.6) is 0 Å². The fourth-order valence-electron chi connectivity index (χ4n) is 0.316. The topological polar surface area (TPSA) is 29.5 Å². The minimum Gasteiger partial charge on any atom is -0.470 e. The van der Waals surface area contributed by atoms with Crippen LogP contribution in [-0.2, 0) is 4.74 Å². The molecule has 0 amide bonds. The average Bonchev–Trinajstić information content (AvgIpc) is 1.65. The molecule has 1 N–H and O–H groups in total. The van der Waals surface area contributed by atoms with Gasteiger partial charge in [-0.15, -0.1) is 0 Å². The van der Waals surface area contributed by atoms with Crippen molar-refractivity contribution in [1.29, 1.82) is 0 Å². The standard InChI is InChI=1S/C6H12O2/c1-4-6(7)8-5(2)3/h6-7H,2,4H2,1,3H3. The molecule has 0 radical (unpaired) electrons. The Morgan fingerprint density at radius 1 is 1.88 bits per heavy atom. The normalized spacial score (nSPS) is 12.9. The van der Waals surface area contributed by atoms with Crippen LogP contribution < -0.4 is 0 Å². The largest absolute Gasteiger partial charge is 0.470 e. The van der Waals surface area contributed by atoms with Gasteiger partial charge in [-0.3, -0.25) is 0 Å². The molecule has 0 aliphatic carbocycles. The molecule has 1 atom stereocenters. The van der Waals surface area contributed by atoms with Crippen molar-refractivity contribution in [2.45, 2.75) is 26.6 Å². The van der Waals surface area contributed by atoms with E-state index in [2.05, 4.69) is 6.58 Å². The Kier molecular flexibility index (Phi) is 3.28. The molecule has 2 heteroatoms. The average molecular weight is 116 g/mol. The van der Waals surface area contributed by atoms with Gasteiger partial charge in [0.2, 0.25) is 0 Å². The molecular formula is C6H12O2.